The minimum absolute atomic E-state index is 0.147. The van der Waals surface area contributed by atoms with Crippen LogP contribution in [0.3, 0.4) is 0 Å². The highest BCUT2D eigenvalue weighted by atomic mass is 16.6. The monoisotopic (exact) mass is 253 g/mol. The van der Waals surface area contributed by atoms with E-state index in [0.29, 0.717) is 5.56 Å². The Labute approximate surface area is 105 Å². The Morgan fingerprint density at radius 3 is 2.50 bits per heavy atom. The fraction of sp³-hybridized carbons (Fsp3) is 0.417. The molecule has 0 fully saturated rings. The Kier molecular flexibility index (Phi) is 4.79. The summed E-state index contributed by atoms with van der Waals surface area (Å²) in [7, 11) is 1.26. The lowest BCUT2D eigenvalue weighted by Gasteiger charge is -2.18. The van der Waals surface area contributed by atoms with Crippen LogP contribution in [0, 0.1) is 0 Å². The first-order valence-corrected chi connectivity index (χ1v) is 5.35. The number of aromatic nitrogens is 1. The van der Waals surface area contributed by atoms with Crippen molar-refractivity contribution in [1.82, 2.24) is 4.98 Å². The SMILES string of the molecule is COC(=O)c1ccc(C(O)C(C)OC(C)=O)cn1. The Balaban J connectivity index is 2.78. The van der Waals surface area contributed by atoms with Gasteiger partial charge in [0.1, 0.15) is 17.9 Å². The molecule has 0 saturated heterocycles. The molecule has 0 spiro atoms. The molecule has 0 saturated carbocycles. The molecule has 2 atom stereocenters. The summed E-state index contributed by atoms with van der Waals surface area (Å²) < 4.78 is 9.36. The number of carbonyl (C=O) groups excluding carboxylic acids is 2. The van der Waals surface area contributed by atoms with Gasteiger partial charge in [-0.15, -0.1) is 0 Å². The van der Waals surface area contributed by atoms with Gasteiger partial charge < -0.3 is 14.6 Å². The highest BCUT2D eigenvalue weighted by Crippen LogP contribution is 2.18. The number of carbonyl (C=O) groups is 2. The van der Waals surface area contributed by atoms with Gasteiger partial charge in [0.05, 0.1) is 7.11 Å². The third-order valence-corrected chi connectivity index (χ3v) is 2.32. The zero-order valence-electron chi connectivity index (χ0n) is 10.4. The van der Waals surface area contributed by atoms with Crippen molar-refractivity contribution in [3.05, 3.63) is 29.6 Å². The molecule has 1 aromatic rings. The molecule has 1 rings (SSSR count). The van der Waals surface area contributed by atoms with Crippen LogP contribution in [0.5, 0.6) is 0 Å². The van der Waals surface area contributed by atoms with E-state index in [4.69, 9.17) is 4.74 Å². The molecular formula is C12H15NO5. The zero-order chi connectivity index (χ0) is 13.7. The molecule has 1 N–H and O–H groups in total. The number of methoxy groups -OCH3 is 1. The van der Waals surface area contributed by atoms with Crippen LogP contribution in [0.25, 0.3) is 0 Å². The molecule has 0 aromatic carbocycles. The summed E-state index contributed by atoms with van der Waals surface area (Å²) in [5.41, 5.74) is 0.602. The van der Waals surface area contributed by atoms with E-state index in [0.717, 1.165) is 0 Å². The lowest BCUT2D eigenvalue weighted by molar-refractivity contribution is -0.151. The van der Waals surface area contributed by atoms with Crippen molar-refractivity contribution in [3.63, 3.8) is 0 Å². The smallest absolute Gasteiger partial charge is 0.356 e. The second-order valence-electron chi connectivity index (χ2n) is 3.73. The number of ether oxygens (including phenoxy) is 2. The number of aliphatic hydroxyl groups is 1. The third-order valence-electron chi connectivity index (χ3n) is 2.32. The van der Waals surface area contributed by atoms with Crippen LogP contribution in [0.4, 0.5) is 0 Å². The van der Waals surface area contributed by atoms with E-state index in [1.54, 1.807) is 6.92 Å². The quantitative estimate of drug-likeness (QED) is 0.801. The lowest BCUT2D eigenvalue weighted by atomic mass is 10.1. The van der Waals surface area contributed by atoms with E-state index in [1.165, 1.54) is 32.4 Å². The standard InChI is InChI=1S/C12H15NO5/c1-7(18-8(2)14)11(15)9-4-5-10(13-6-9)12(16)17-3/h4-7,11,15H,1-3H3. The number of pyridine rings is 1. The third kappa shape index (κ3) is 3.53. The van der Waals surface area contributed by atoms with Gasteiger partial charge in [0.25, 0.3) is 0 Å². The first kappa shape index (κ1) is 14.1. The number of hydrogen-bond acceptors (Lipinski definition) is 6. The van der Waals surface area contributed by atoms with Crippen LogP contribution in [0.1, 0.15) is 36.0 Å². The molecule has 18 heavy (non-hydrogen) atoms. The number of esters is 2. The number of aliphatic hydroxyl groups excluding tert-OH is 1. The minimum atomic E-state index is -0.993. The van der Waals surface area contributed by atoms with Gasteiger partial charge in [-0.05, 0) is 13.0 Å². The molecule has 2 unspecified atom stereocenters. The van der Waals surface area contributed by atoms with E-state index in [-0.39, 0.29) is 5.69 Å². The van der Waals surface area contributed by atoms with Crippen LogP contribution in [0.15, 0.2) is 18.3 Å². The minimum Gasteiger partial charge on any atom is -0.464 e. The van der Waals surface area contributed by atoms with Crippen LogP contribution in [0.2, 0.25) is 0 Å². The van der Waals surface area contributed by atoms with Crippen molar-refractivity contribution in [3.8, 4) is 0 Å². The number of hydrogen-bond donors (Lipinski definition) is 1. The average molecular weight is 253 g/mol. The summed E-state index contributed by atoms with van der Waals surface area (Å²) in [6.45, 7) is 2.84. The molecule has 0 bridgehead atoms. The molecule has 0 amide bonds. The van der Waals surface area contributed by atoms with Gasteiger partial charge in [0, 0.05) is 18.7 Å². The van der Waals surface area contributed by atoms with Crippen molar-refractivity contribution >= 4 is 11.9 Å². The van der Waals surface area contributed by atoms with Crippen LogP contribution >= 0.6 is 0 Å². The van der Waals surface area contributed by atoms with Crippen molar-refractivity contribution in [2.45, 2.75) is 26.1 Å². The van der Waals surface area contributed by atoms with Gasteiger partial charge in [0.15, 0.2) is 0 Å². The Morgan fingerprint density at radius 1 is 1.39 bits per heavy atom. The topological polar surface area (TPSA) is 85.7 Å². The van der Waals surface area contributed by atoms with Gasteiger partial charge in [-0.1, -0.05) is 6.07 Å². The predicted molar refractivity (Wildman–Crippen MR) is 61.8 cm³/mol. The van der Waals surface area contributed by atoms with Gasteiger partial charge in [-0.25, -0.2) is 9.78 Å². The maximum Gasteiger partial charge on any atom is 0.356 e. The number of rotatable bonds is 4. The summed E-state index contributed by atoms with van der Waals surface area (Å²) in [6, 6.07) is 2.97. The maximum atomic E-state index is 11.2. The summed E-state index contributed by atoms with van der Waals surface area (Å²) >= 11 is 0. The fourth-order valence-electron chi connectivity index (χ4n) is 1.40. The van der Waals surface area contributed by atoms with E-state index in [9.17, 15) is 14.7 Å². The molecule has 6 heteroatoms. The second kappa shape index (κ2) is 6.11. The van der Waals surface area contributed by atoms with Gasteiger partial charge in [0.2, 0.25) is 0 Å². The van der Waals surface area contributed by atoms with E-state index < -0.39 is 24.1 Å². The van der Waals surface area contributed by atoms with E-state index >= 15 is 0 Å². The highest BCUT2D eigenvalue weighted by Gasteiger charge is 2.19. The molecular weight excluding hydrogens is 238 g/mol. The van der Waals surface area contributed by atoms with Crippen molar-refractivity contribution < 1.29 is 24.2 Å². The summed E-state index contributed by atoms with van der Waals surface area (Å²) in [4.78, 5) is 25.8. The van der Waals surface area contributed by atoms with Crippen LogP contribution in [-0.2, 0) is 14.3 Å². The molecule has 0 aliphatic carbocycles. The highest BCUT2D eigenvalue weighted by molar-refractivity contribution is 5.86. The Hall–Kier alpha value is -1.95. The molecule has 0 aliphatic heterocycles. The molecule has 98 valence electrons. The lowest BCUT2D eigenvalue weighted by Crippen LogP contribution is -2.21. The summed E-state index contributed by atoms with van der Waals surface area (Å²) in [6.07, 6.45) is -0.335. The van der Waals surface area contributed by atoms with Gasteiger partial charge >= 0.3 is 11.9 Å². The molecule has 0 aliphatic rings. The zero-order valence-corrected chi connectivity index (χ0v) is 10.4. The van der Waals surface area contributed by atoms with E-state index in [1.807, 2.05) is 0 Å². The molecule has 1 heterocycles. The van der Waals surface area contributed by atoms with Crippen molar-refractivity contribution in [2.24, 2.45) is 0 Å². The molecule has 1 aromatic heterocycles. The predicted octanol–water partition coefficient (Wildman–Crippen LogP) is 0.853. The first-order chi connectivity index (χ1) is 8.45. The van der Waals surface area contributed by atoms with Crippen LogP contribution in [-0.4, -0.2) is 35.2 Å². The van der Waals surface area contributed by atoms with Gasteiger partial charge in [-0.3, -0.25) is 4.79 Å². The normalized spacial score (nSPS) is 13.6. The average Bonchev–Trinajstić information content (AvgIpc) is 2.36. The van der Waals surface area contributed by atoms with Crippen molar-refractivity contribution in [2.75, 3.05) is 7.11 Å². The molecule has 6 nitrogen and oxygen atoms in total. The summed E-state index contributed by atoms with van der Waals surface area (Å²) in [5, 5.41) is 9.89. The van der Waals surface area contributed by atoms with Crippen LogP contribution < -0.4 is 0 Å². The summed E-state index contributed by atoms with van der Waals surface area (Å²) in [5.74, 6) is -1.02. The Bertz CT molecular complexity index is 429. The fourth-order valence-corrected chi connectivity index (χ4v) is 1.40. The van der Waals surface area contributed by atoms with E-state index in [2.05, 4.69) is 9.72 Å². The Morgan fingerprint density at radius 2 is 2.06 bits per heavy atom. The van der Waals surface area contributed by atoms with Gasteiger partial charge in [-0.2, -0.15) is 0 Å². The molecule has 0 radical (unpaired) electrons. The van der Waals surface area contributed by atoms with Crippen molar-refractivity contribution in [1.29, 1.82) is 0 Å². The maximum absolute atomic E-state index is 11.2. The number of nitrogens with zero attached hydrogens (tertiary/aromatic N) is 1. The second-order valence-corrected chi connectivity index (χ2v) is 3.73. The first-order valence-electron chi connectivity index (χ1n) is 5.35. The largest absolute Gasteiger partial charge is 0.464 e.